The third-order valence-electron chi connectivity index (χ3n) is 4.19. The van der Waals surface area contributed by atoms with Crippen molar-refractivity contribution in [1.29, 1.82) is 0 Å². The van der Waals surface area contributed by atoms with E-state index in [9.17, 15) is 0 Å². The Labute approximate surface area is 120 Å². The van der Waals surface area contributed by atoms with Gasteiger partial charge >= 0.3 is 0 Å². The molecular weight excluding hydrogens is 250 g/mol. The van der Waals surface area contributed by atoms with Gasteiger partial charge in [-0.15, -0.1) is 0 Å². The van der Waals surface area contributed by atoms with Crippen LogP contribution in [0.4, 0.5) is 5.95 Å². The van der Waals surface area contributed by atoms with Crippen LogP contribution in [0.15, 0.2) is 6.07 Å². The first-order valence-corrected chi connectivity index (χ1v) is 6.62. The summed E-state index contributed by atoms with van der Waals surface area (Å²) in [6, 6.07) is 1.83. The van der Waals surface area contributed by atoms with Gasteiger partial charge in [0.05, 0.1) is 12.8 Å². The first-order chi connectivity index (χ1) is 9.36. The van der Waals surface area contributed by atoms with Crippen LogP contribution in [-0.4, -0.2) is 17.1 Å². The molecule has 0 fully saturated rings. The predicted octanol–water partition coefficient (Wildman–Crippen LogP) is 3.28. The van der Waals surface area contributed by atoms with E-state index in [-0.39, 0.29) is 5.95 Å². The zero-order chi connectivity index (χ0) is 15.0. The second-order valence-electron chi connectivity index (χ2n) is 5.15. The van der Waals surface area contributed by atoms with Crippen LogP contribution in [0.5, 0.6) is 5.88 Å². The maximum atomic E-state index is 5.78. The average Bonchev–Trinajstić information content (AvgIpc) is 2.42. The van der Waals surface area contributed by atoms with Gasteiger partial charge in [0.2, 0.25) is 11.8 Å². The van der Waals surface area contributed by atoms with Crippen molar-refractivity contribution >= 4 is 5.95 Å². The molecule has 0 atom stereocenters. The van der Waals surface area contributed by atoms with Crippen LogP contribution in [-0.2, 0) is 0 Å². The number of nitrogens with zero attached hydrogens (tertiary/aromatic N) is 2. The SMILES string of the molecule is COc1cc(-c2c(C)c(C)c(C)c(C)c2C)nc(N)n1. The number of hydrogen-bond donors (Lipinski definition) is 1. The third-order valence-corrected chi connectivity index (χ3v) is 4.19. The summed E-state index contributed by atoms with van der Waals surface area (Å²) in [4.78, 5) is 8.42. The molecule has 1 aromatic heterocycles. The molecule has 0 saturated heterocycles. The van der Waals surface area contributed by atoms with Crippen LogP contribution < -0.4 is 10.5 Å². The molecule has 0 spiro atoms. The van der Waals surface area contributed by atoms with Crippen LogP contribution >= 0.6 is 0 Å². The molecule has 2 aromatic rings. The van der Waals surface area contributed by atoms with Gasteiger partial charge in [-0.05, 0) is 62.4 Å². The normalized spacial score (nSPS) is 10.7. The van der Waals surface area contributed by atoms with Crippen molar-refractivity contribution in [3.05, 3.63) is 33.9 Å². The van der Waals surface area contributed by atoms with Gasteiger partial charge in [0.15, 0.2) is 0 Å². The zero-order valence-electron chi connectivity index (χ0n) is 13.0. The fourth-order valence-corrected chi connectivity index (χ4v) is 2.56. The molecule has 0 radical (unpaired) electrons. The summed E-state index contributed by atoms with van der Waals surface area (Å²) in [7, 11) is 1.58. The van der Waals surface area contributed by atoms with Gasteiger partial charge < -0.3 is 10.5 Å². The van der Waals surface area contributed by atoms with Crippen molar-refractivity contribution in [2.24, 2.45) is 0 Å². The Morgan fingerprint density at radius 2 is 1.35 bits per heavy atom. The molecule has 0 bridgehead atoms. The van der Waals surface area contributed by atoms with E-state index in [4.69, 9.17) is 10.5 Å². The van der Waals surface area contributed by atoms with Gasteiger partial charge in [-0.3, -0.25) is 0 Å². The largest absolute Gasteiger partial charge is 0.481 e. The third kappa shape index (κ3) is 2.22. The topological polar surface area (TPSA) is 61.0 Å². The minimum absolute atomic E-state index is 0.231. The number of nitrogens with two attached hydrogens (primary N) is 1. The molecule has 4 nitrogen and oxygen atoms in total. The fourth-order valence-electron chi connectivity index (χ4n) is 2.56. The smallest absolute Gasteiger partial charge is 0.223 e. The summed E-state index contributed by atoms with van der Waals surface area (Å²) in [5, 5.41) is 0. The van der Waals surface area contributed by atoms with E-state index in [0.717, 1.165) is 11.3 Å². The number of rotatable bonds is 2. The Hall–Kier alpha value is -2.10. The van der Waals surface area contributed by atoms with Crippen molar-refractivity contribution in [3.63, 3.8) is 0 Å². The molecule has 1 heterocycles. The average molecular weight is 271 g/mol. The number of aromatic nitrogens is 2. The lowest BCUT2D eigenvalue weighted by Crippen LogP contribution is -2.04. The standard InChI is InChI=1S/C16H21N3O/c1-8-9(2)11(4)15(12(5)10(8)3)13-7-14(20-6)19-16(17)18-13/h7H,1-6H3,(H2,17,18,19). The molecule has 0 aliphatic rings. The van der Waals surface area contributed by atoms with Gasteiger partial charge in [-0.2, -0.15) is 4.98 Å². The number of methoxy groups -OCH3 is 1. The van der Waals surface area contributed by atoms with E-state index in [2.05, 4.69) is 44.6 Å². The summed E-state index contributed by atoms with van der Waals surface area (Å²) in [5.74, 6) is 0.719. The molecule has 1 aromatic carbocycles. The second kappa shape index (κ2) is 5.12. The summed E-state index contributed by atoms with van der Waals surface area (Å²) in [6.45, 7) is 10.7. The zero-order valence-corrected chi connectivity index (χ0v) is 13.0. The summed E-state index contributed by atoms with van der Waals surface area (Å²) < 4.78 is 5.19. The first kappa shape index (κ1) is 14.3. The lowest BCUT2D eigenvalue weighted by molar-refractivity contribution is 0.398. The van der Waals surface area contributed by atoms with Crippen molar-refractivity contribution in [3.8, 4) is 17.1 Å². The van der Waals surface area contributed by atoms with E-state index >= 15 is 0 Å². The molecule has 0 amide bonds. The van der Waals surface area contributed by atoms with Gasteiger partial charge in [0.1, 0.15) is 0 Å². The highest BCUT2D eigenvalue weighted by atomic mass is 16.5. The van der Waals surface area contributed by atoms with E-state index < -0.39 is 0 Å². The summed E-state index contributed by atoms with van der Waals surface area (Å²) in [5.41, 5.74) is 14.1. The lowest BCUT2D eigenvalue weighted by atomic mass is 9.88. The predicted molar refractivity (Wildman–Crippen MR) is 82.1 cm³/mol. The Kier molecular flexibility index (Phi) is 3.66. The lowest BCUT2D eigenvalue weighted by Gasteiger charge is -2.18. The quantitative estimate of drug-likeness (QED) is 0.910. The maximum absolute atomic E-state index is 5.78. The number of hydrogen-bond acceptors (Lipinski definition) is 4. The Morgan fingerprint density at radius 1 is 0.850 bits per heavy atom. The summed E-state index contributed by atoms with van der Waals surface area (Å²) in [6.07, 6.45) is 0. The Bertz CT molecular complexity index is 649. The highest BCUT2D eigenvalue weighted by Crippen LogP contribution is 2.34. The minimum Gasteiger partial charge on any atom is -0.481 e. The number of ether oxygens (including phenoxy) is 1. The molecule has 106 valence electrons. The number of benzene rings is 1. The summed E-state index contributed by atoms with van der Waals surface area (Å²) >= 11 is 0. The first-order valence-electron chi connectivity index (χ1n) is 6.62. The molecule has 0 aliphatic heterocycles. The van der Waals surface area contributed by atoms with Gasteiger partial charge in [-0.1, -0.05) is 0 Å². The van der Waals surface area contributed by atoms with Crippen LogP contribution in [0.2, 0.25) is 0 Å². The highest BCUT2D eigenvalue weighted by Gasteiger charge is 2.16. The van der Waals surface area contributed by atoms with E-state index in [0.29, 0.717) is 5.88 Å². The number of nitrogen functional groups attached to an aromatic ring is 1. The Balaban J connectivity index is 2.79. The highest BCUT2D eigenvalue weighted by molar-refractivity contribution is 5.73. The van der Waals surface area contributed by atoms with Crippen LogP contribution in [0.3, 0.4) is 0 Å². The fraction of sp³-hybridized carbons (Fsp3) is 0.375. The monoisotopic (exact) mass is 271 g/mol. The van der Waals surface area contributed by atoms with E-state index in [1.54, 1.807) is 7.11 Å². The van der Waals surface area contributed by atoms with Crippen molar-refractivity contribution in [1.82, 2.24) is 9.97 Å². The second-order valence-corrected chi connectivity index (χ2v) is 5.15. The number of anilines is 1. The molecule has 2 N–H and O–H groups in total. The van der Waals surface area contributed by atoms with E-state index in [1.807, 2.05) is 6.07 Å². The molecule has 0 unspecified atom stereocenters. The van der Waals surface area contributed by atoms with E-state index in [1.165, 1.54) is 27.8 Å². The molecule has 0 aliphatic carbocycles. The molecule has 0 saturated carbocycles. The minimum atomic E-state index is 0.231. The Morgan fingerprint density at radius 3 is 1.85 bits per heavy atom. The molecule has 4 heteroatoms. The molecular formula is C16H21N3O. The molecule has 2 rings (SSSR count). The van der Waals surface area contributed by atoms with Crippen LogP contribution in [0, 0.1) is 34.6 Å². The van der Waals surface area contributed by atoms with Crippen molar-refractivity contribution in [2.75, 3.05) is 12.8 Å². The van der Waals surface area contributed by atoms with Crippen LogP contribution in [0.25, 0.3) is 11.3 Å². The van der Waals surface area contributed by atoms with Gasteiger partial charge in [0, 0.05) is 11.6 Å². The molecule has 20 heavy (non-hydrogen) atoms. The maximum Gasteiger partial charge on any atom is 0.223 e. The van der Waals surface area contributed by atoms with Crippen molar-refractivity contribution in [2.45, 2.75) is 34.6 Å². The van der Waals surface area contributed by atoms with Gasteiger partial charge in [-0.25, -0.2) is 4.98 Å². The van der Waals surface area contributed by atoms with Crippen LogP contribution in [0.1, 0.15) is 27.8 Å². The van der Waals surface area contributed by atoms with Crippen molar-refractivity contribution < 1.29 is 4.74 Å². The van der Waals surface area contributed by atoms with Gasteiger partial charge in [0.25, 0.3) is 0 Å².